The van der Waals surface area contributed by atoms with Gasteiger partial charge in [0.15, 0.2) is 6.10 Å². The van der Waals surface area contributed by atoms with Crippen LogP contribution in [0.3, 0.4) is 0 Å². The van der Waals surface area contributed by atoms with E-state index in [1.165, 1.54) is 0 Å². The Hall–Kier alpha value is -1.89. The smallest absolute Gasteiger partial charge is 0.335 e. The summed E-state index contributed by atoms with van der Waals surface area (Å²) in [6.07, 6.45) is 0.654. The quantitative estimate of drug-likeness (QED) is 0.875. The lowest BCUT2D eigenvalue weighted by molar-refractivity contribution is -0.179. The second kappa shape index (κ2) is 5.14. The summed E-state index contributed by atoms with van der Waals surface area (Å²) in [7, 11) is 1.76. The number of carboxylic acids is 1. The van der Waals surface area contributed by atoms with Gasteiger partial charge >= 0.3 is 5.97 Å². The summed E-state index contributed by atoms with van der Waals surface area (Å²) >= 11 is 0. The molecule has 1 fully saturated rings. The van der Waals surface area contributed by atoms with Crippen molar-refractivity contribution in [1.29, 1.82) is 0 Å². The van der Waals surface area contributed by atoms with Crippen molar-refractivity contribution in [3.8, 4) is 0 Å². The highest BCUT2D eigenvalue weighted by molar-refractivity contribution is 5.83. The van der Waals surface area contributed by atoms with Crippen LogP contribution in [0.5, 0.6) is 0 Å². The number of ether oxygens (including phenoxy) is 1. The van der Waals surface area contributed by atoms with Gasteiger partial charge in [-0.15, -0.1) is 0 Å². The van der Waals surface area contributed by atoms with E-state index in [1.54, 1.807) is 29.7 Å². The molecule has 0 saturated carbocycles. The first-order valence-electron chi connectivity index (χ1n) is 6.79. The number of aromatic nitrogens is 2. The first-order valence-corrected chi connectivity index (χ1v) is 6.79. The lowest BCUT2D eigenvalue weighted by Gasteiger charge is -2.46. The van der Waals surface area contributed by atoms with Gasteiger partial charge in [-0.3, -0.25) is 9.48 Å². The van der Waals surface area contributed by atoms with E-state index in [2.05, 4.69) is 5.10 Å². The first-order chi connectivity index (χ1) is 9.62. The summed E-state index contributed by atoms with van der Waals surface area (Å²) in [5, 5.41) is 13.7. The summed E-state index contributed by atoms with van der Waals surface area (Å²) in [5.74, 6) is -1.29. The van der Waals surface area contributed by atoms with E-state index in [1.807, 2.05) is 20.8 Å². The summed E-state index contributed by atoms with van der Waals surface area (Å²) in [6.45, 7) is 7.23. The van der Waals surface area contributed by atoms with Crippen LogP contribution in [0.1, 0.15) is 38.1 Å². The molecule has 7 nitrogen and oxygen atoms in total. The molecule has 0 spiro atoms. The minimum atomic E-state index is -1.09. The number of carbonyl (C=O) groups is 2. The average molecular weight is 295 g/mol. The van der Waals surface area contributed by atoms with Gasteiger partial charge in [0.05, 0.1) is 11.7 Å². The maximum atomic E-state index is 12.3. The molecule has 0 radical (unpaired) electrons. The number of amides is 1. The molecule has 2 atom stereocenters. The van der Waals surface area contributed by atoms with E-state index in [0.717, 1.165) is 0 Å². The van der Waals surface area contributed by atoms with Crippen LogP contribution in [0.4, 0.5) is 0 Å². The van der Waals surface area contributed by atoms with Gasteiger partial charge in [0.2, 0.25) is 5.91 Å². The number of rotatable bonds is 2. The molecule has 116 valence electrons. The van der Waals surface area contributed by atoms with E-state index in [-0.39, 0.29) is 12.5 Å². The molecule has 1 amide bonds. The molecular formula is C14H21N3O4. The predicted molar refractivity (Wildman–Crippen MR) is 74.7 cm³/mol. The molecule has 1 aliphatic rings. The van der Waals surface area contributed by atoms with Gasteiger partial charge in [-0.1, -0.05) is 0 Å². The molecule has 0 bridgehead atoms. The normalized spacial score (nSPS) is 23.5. The molecule has 1 aliphatic heterocycles. The first kappa shape index (κ1) is 15.5. The summed E-state index contributed by atoms with van der Waals surface area (Å²) in [5.41, 5.74) is 0.885. The maximum absolute atomic E-state index is 12.3. The molecule has 0 aromatic carbocycles. The fraction of sp³-hybridized carbons (Fsp3) is 0.643. The standard InChI is InChI=1S/C14H21N3O4/c1-8-9(6-16(5)15-8)11-12(13(19)20)21-7-10(18)17(11)14(2,3)4/h6,11-12H,7H2,1-5H3,(H,19,20). The molecule has 1 aromatic rings. The highest BCUT2D eigenvalue weighted by Gasteiger charge is 2.47. The van der Waals surface area contributed by atoms with Crippen molar-refractivity contribution in [3.05, 3.63) is 17.5 Å². The fourth-order valence-corrected chi connectivity index (χ4v) is 2.82. The van der Waals surface area contributed by atoms with Crippen molar-refractivity contribution in [2.24, 2.45) is 7.05 Å². The van der Waals surface area contributed by atoms with Crippen LogP contribution in [0, 0.1) is 6.92 Å². The molecular weight excluding hydrogens is 274 g/mol. The second-order valence-corrected chi connectivity index (χ2v) is 6.29. The predicted octanol–water partition coefficient (Wildman–Crippen LogP) is 0.880. The van der Waals surface area contributed by atoms with Crippen LogP contribution in [0.2, 0.25) is 0 Å². The van der Waals surface area contributed by atoms with Crippen LogP contribution in [-0.4, -0.2) is 49.9 Å². The van der Waals surface area contributed by atoms with Crippen LogP contribution < -0.4 is 0 Å². The molecule has 1 N–H and O–H groups in total. The van der Waals surface area contributed by atoms with E-state index in [0.29, 0.717) is 11.3 Å². The maximum Gasteiger partial charge on any atom is 0.335 e. The molecule has 1 aromatic heterocycles. The van der Waals surface area contributed by atoms with E-state index in [4.69, 9.17) is 4.74 Å². The third-order valence-corrected chi connectivity index (χ3v) is 3.56. The van der Waals surface area contributed by atoms with Crippen LogP contribution in [-0.2, 0) is 21.4 Å². The zero-order valence-electron chi connectivity index (χ0n) is 13.0. The van der Waals surface area contributed by atoms with E-state index >= 15 is 0 Å². The number of nitrogens with zero attached hydrogens (tertiary/aromatic N) is 3. The van der Waals surface area contributed by atoms with Gasteiger partial charge in [-0.25, -0.2) is 4.79 Å². The van der Waals surface area contributed by atoms with Crippen molar-refractivity contribution >= 4 is 11.9 Å². The minimum Gasteiger partial charge on any atom is -0.479 e. The number of hydrogen-bond acceptors (Lipinski definition) is 4. The van der Waals surface area contributed by atoms with Gasteiger partial charge in [0.1, 0.15) is 6.61 Å². The molecule has 2 rings (SSSR count). The molecule has 2 heterocycles. The van der Waals surface area contributed by atoms with Crippen molar-refractivity contribution in [1.82, 2.24) is 14.7 Å². The van der Waals surface area contributed by atoms with Crippen LogP contribution in [0.15, 0.2) is 6.20 Å². The second-order valence-electron chi connectivity index (χ2n) is 6.29. The number of carboxylic acid groups (broad SMARTS) is 1. The highest BCUT2D eigenvalue weighted by Crippen LogP contribution is 2.36. The third kappa shape index (κ3) is 2.78. The number of hydrogen-bond donors (Lipinski definition) is 1. The van der Waals surface area contributed by atoms with Gasteiger partial charge in [0, 0.05) is 24.3 Å². The van der Waals surface area contributed by atoms with Gasteiger partial charge in [-0.2, -0.15) is 5.10 Å². The summed E-state index contributed by atoms with van der Waals surface area (Å²) < 4.78 is 6.90. The van der Waals surface area contributed by atoms with Crippen molar-refractivity contribution in [2.45, 2.75) is 45.4 Å². The van der Waals surface area contributed by atoms with Crippen LogP contribution in [0.25, 0.3) is 0 Å². The Kier molecular flexibility index (Phi) is 3.79. The van der Waals surface area contributed by atoms with Crippen molar-refractivity contribution < 1.29 is 19.4 Å². The third-order valence-electron chi connectivity index (χ3n) is 3.56. The Morgan fingerprint density at radius 1 is 1.48 bits per heavy atom. The SMILES string of the molecule is Cc1nn(C)cc1C1C(C(=O)O)OCC(=O)N1C(C)(C)C. The largest absolute Gasteiger partial charge is 0.479 e. The molecule has 0 aliphatic carbocycles. The van der Waals surface area contributed by atoms with E-state index in [9.17, 15) is 14.7 Å². The topological polar surface area (TPSA) is 84.7 Å². The van der Waals surface area contributed by atoms with Crippen LogP contribution >= 0.6 is 0 Å². The number of carbonyl (C=O) groups excluding carboxylic acids is 1. The molecule has 7 heteroatoms. The fourth-order valence-electron chi connectivity index (χ4n) is 2.82. The van der Waals surface area contributed by atoms with Crippen molar-refractivity contribution in [2.75, 3.05) is 6.61 Å². The van der Waals surface area contributed by atoms with E-state index < -0.39 is 23.7 Å². The number of morpholine rings is 1. The number of aryl methyl sites for hydroxylation is 2. The monoisotopic (exact) mass is 295 g/mol. The molecule has 2 unspecified atom stereocenters. The van der Waals surface area contributed by atoms with Gasteiger partial charge < -0.3 is 14.7 Å². The Labute approximate surface area is 123 Å². The lowest BCUT2D eigenvalue weighted by Crippen LogP contribution is -2.58. The lowest BCUT2D eigenvalue weighted by atomic mass is 9.92. The summed E-state index contributed by atoms with van der Waals surface area (Å²) in [4.78, 5) is 25.4. The summed E-state index contributed by atoms with van der Waals surface area (Å²) in [6, 6.07) is -0.683. The zero-order valence-corrected chi connectivity index (χ0v) is 13.0. The zero-order chi connectivity index (χ0) is 15.9. The highest BCUT2D eigenvalue weighted by atomic mass is 16.5. The minimum absolute atomic E-state index is 0.215. The Bertz CT molecular complexity index is 573. The Morgan fingerprint density at radius 3 is 2.52 bits per heavy atom. The van der Waals surface area contributed by atoms with Gasteiger partial charge in [0.25, 0.3) is 0 Å². The van der Waals surface area contributed by atoms with Crippen molar-refractivity contribution in [3.63, 3.8) is 0 Å². The Morgan fingerprint density at radius 2 is 2.10 bits per heavy atom. The Balaban J connectivity index is 2.57. The van der Waals surface area contributed by atoms with Gasteiger partial charge in [-0.05, 0) is 27.7 Å². The number of aliphatic carboxylic acids is 1. The average Bonchev–Trinajstić information content (AvgIpc) is 2.65. The molecule has 1 saturated heterocycles. The molecule has 21 heavy (non-hydrogen) atoms.